The van der Waals surface area contributed by atoms with Crippen LogP contribution in [0.25, 0.3) is 0 Å². The van der Waals surface area contributed by atoms with Crippen molar-refractivity contribution in [1.82, 2.24) is 4.98 Å². The molecule has 1 unspecified atom stereocenters. The molecule has 1 fully saturated rings. The van der Waals surface area contributed by atoms with Crippen molar-refractivity contribution in [3.63, 3.8) is 0 Å². The number of aromatic nitrogens is 1. The number of nitrogens with one attached hydrogen (secondary N) is 1. The summed E-state index contributed by atoms with van der Waals surface area (Å²) >= 11 is 0. The molecular weight excluding hydrogens is 236 g/mol. The Kier molecular flexibility index (Phi) is 4.33. The summed E-state index contributed by atoms with van der Waals surface area (Å²) < 4.78 is 5.81. The average Bonchev–Trinajstić information content (AvgIpc) is 2.30. The van der Waals surface area contributed by atoms with Crippen molar-refractivity contribution < 1.29 is 4.74 Å². The fourth-order valence-electron chi connectivity index (χ4n) is 2.86. The molecule has 0 bridgehead atoms. The Morgan fingerprint density at radius 3 is 2.89 bits per heavy atom. The van der Waals surface area contributed by atoms with E-state index in [0.717, 1.165) is 11.6 Å². The first-order valence-electron chi connectivity index (χ1n) is 7.34. The van der Waals surface area contributed by atoms with Gasteiger partial charge in [0.1, 0.15) is 0 Å². The lowest BCUT2D eigenvalue weighted by Crippen LogP contribution is -2.32. The molecule has 1 saturated carbocycles. The number of ether oxygens (including phenoxy) is 1. The van der Waals surface area contributed by atoms with E-state index in [1.807, 2.05) is 32.2 Å². The Labute approximate surface area is 116 Å². The zero-order valence-corrected chi connectivity index (χ0v) is 12.6. The predicted molar refractivity (Wildman–Crippen MR) is 79.7 cm³/mol. The molecule has 0 radical (unpaired) electrons. The minimum atomic E-state index is 0.174. The third-order valence-corrected chi connectivity index (χ3v) is 3.68. The van der Waals surface area contributed by atoms with Gasteiger partial charge >= 0.3 is 0 Å². The van der Waals surface area contributed by atoms with E-state index in [1.54, 1.807) is 0 Å². The standard InChI is InChI=1S/C16H26N2O/c1-12(2)19-14-8-6-10-17-15(14)18-13-7-5-9-16(3,4)11-13/h6,8,10,12-13H,5,7,9,11H2,1-4H3,(H,17,18). The summed E-state index contributed by atoms with van der Waals surface area (Å²) in [7, 11) is 0. The smallest absolute Gasteiger partial charge is 0.168 e. The van der Waals surface area contributed by atoms with Crippen molar-refractivity contribution in [1.29, 1.82) is 0 Å². The van der Waals surface area contributed by atoms with E-state index in [-0.39, 0.29) is 6.10 Å². The average molecular weight is 262 g/mol. The Balaban J connectivity index is 2.06. The second-order valence-corrected chi connectivity index (χ2v) is 6.62. The zero-order valence-electron chi connectivity index (χ0n) is 12.6. The molecule has 1 aliphatic carbocycles. The van der Waals surface area contributed by atoms with Crippen molar-refractivity contribution in [2.24, 2.45) is 5.41 Å². The van der Waals surface area contributed by atoms with E-state index in [1.165, 1.54) is 25.7 Å². The van der Waals surface area contributed by atoms with Gasteiger partial charge in [0, 0.05) is 12.2 Å². The Hall–Kier alpha value is -1.25. The molecule has 3 heteroatoms. The van der Waals surface area contributed by atoms with E-state index in [2.05, 4.69) is 24.1 Å². The molecule has 106 valence electrons. The number of anilines is 1. The number of rotatable bonds is 4. The van der Waals surface area contributed by atoms with Gasteiger partial charge in [-0.05, 0) is 50.7 Å². The monoisotopic (exact) mass is 262 g/mol. The van der Waals surface area contributed by atoms with Crippen molar-refractivity contribution in [2.75, 3.05) is 5.32 Å². The quantitative estimate of drug-likeness (QED) is 0.880. The zero-order chi connectivity index (χ0) is 13.9. The summed E-state index contributed by atoms with van der Waals surface area (Å²) in [6.07, 6.45) is 7.03. The van der Waals surface area contributed by atoms with Crippen LogP contribution in [0.2, 0.25) is 0 Å². The van der Waals surface area contributed by atoms with Gasteiger partial charge in [-0.25, -0.2) is 4.98 Å². The van der Waals surface area contributed by atoms with Crippen LogP contribution in [0.1, 0.15) is 53.4 Å². The fraction of sp³-hybridized carbons (Fsp3) is 0.688. The summed E-state index contributed by atoms with van der Waals surface area (Å²) in [6, 6.07) is 4.42. The highest BCUT2D eigenvalue weighted by molar-refractivity contribution is 5.50. The van der Waals surface area contributed by atoms with Crippen LogP contribution in [0.15, 0.2) is 18.3 Å². The first kappa shape index (κ1) is 14.2. The van der Waals surface area contributed by atoms with Crippen LogP contribution in [0.3, 0.4) is 0 Å². The summed E-state index contributed by atoms with van der Waals surface area (Å²) in [5.41, 5.74) is 0.434. The third-order valence-electron chi connectivity index (χ3n) is 3.68. The van der Waals surface area contributed by atoms with Gasteiger partial charge in [-0.15, -0.1) is 0 Å². The van der Waals surface area contributed by atoms with E-state index >= 15 is 0 Å². The van der Waals surface area contributed by atoms with Crippen LogP contribution in [-0.4, -0.2) is 17.1 Å². The van der Waals surface area contributed by atoms with E-state index < -0.39 is 0 Å². The van der Waals surface area contributed by atoms with Crippen LogP contribution in [0.4, 0.5) is 5.82 Å². The molecule has 0 saturated heterocycles. The molecular formula is C16H26N2O. The maximum atomic E-state index is 5.81. The molecule has 1 N–H and O–H groups in total. The lowest BCUT2D eigenvalue weighted by Gasteiger charge is -2.36. The van der Waals surface area contributed by atoms with Gasteiger partial charge in [-0.2, -0.15) is 0 Å². The van der Waals surface area contributed by atoms with Crippen molar-refractivity contribution >= 4 is 5.82 Å². The molecule has 1 aromatic rings. The summed E-state index contributed by atoms with van der Waals surface area (Å²) in [4.78, 5) is 4.44. The minimum absolute atomic E-state index is 0.174. The molecule has 1 atom stereocenters. The van der Waals surface area contributed by atoms with Gasteiger partial charge in [0.15, 0.2) is 11.6 Å². The first-order valence-corrected chi connectivity index (χ1v) is 7.34. The van der Waals surface area contributed by atoms with Gasteiger partial charge in [-0.3, -0.25) is 0 Å². The van der Waals surface area contributed by atoms with Crippen LogP contribution < -0.4 is 10.1 Å². The summed E-state index contributed by atoms with van der Waals surface area (Å²) in [6.45, 7) is 8.79. The number of nitrogens with zero attached hydrogens (tertiary/aromatic N) is 1. The van der Waals surface area contributed by atoms with Gasteiger partial charge in [0.2, 0.25) is 0 Å². The second-order valence-electron chi connectivity index (χ2n) is 6.62. The molecule has 1 aliphatic rings. The highest BCUT2D eigenvalue weighted by atomic mass is 16.5. The maximum Gasteiger partial charge on any atom is 0.168 e. The molecule has 2 rings (SSSR count). The highest BCUT2D eigenvalue weighted by Gasteiger charge is 2.28. The van der Waals surface area contributed by atoms with E-state index in [0.29, 0.717) is 11.5 Å². The maximum absolute atomic E-state index is 5.81. The van der Waals surface area contributed by atoms with E-state index in [9.17, 15) is 0 Å². The molecule has 19 heavy (non-hydrogen) atoms. The molecule has 0 spiro atoms. The van der Waals surface area contributed by atoms with Crippen LogP contribution in [-0.2, 0) is 0 Å². The third kappa shape index (κ3) is 4.12. The number of hydrogen-bond donors (Lipinski definition) is 1. The van der Waals surface area contributed by atoms with Crippen molar-refractivity contribution in [2.45, 2.75) is 65.5 Å². The summed E-state index contributed by atoms with van der Waals surface area (Å²) in [5, 5.41) is 3.57. The lowest BCUT2D eigenvalue weighted by molar-refractivity contribution is 0.226. The van der Waals surface area contributed by atoms with Gasteiger partial charge in [0.05, 0.1) is 6.10 Å². The van der Waals surface area contributed by atoms with Crippen LogP contribution >= 0.6 is 0 Å². The fourth-order valence-corrected chi connectivity index (χ4v) is 2.86. The normalized spacial score (nSPS) is 22.3. The van der Waals surface area contributed by atoms with Crippen LogP contribution in [0, 0.1) is 5.41 Å². The van der Waals surface area contributed by atoms with Gasteiger partial charge < -0.3 is 10.1 Å². The van der Waals surface area contributed by atoms with Crippen molar-refractivity contribution in [3.05, 3.63) is 18.3 Å². The highest BCUT2D eigenvalue weighted by Crippen LogP contribution is 2.37. The topological polar surface area (TPSA) is 34.1 Å². The van der Waals surface area contributed by atoms with Gasteiger partial charge in [0.25, 0.3) is 0 Å². The lowest BCUT2D eigenvalue weighted by atomic mass is 9.75. The Morgan fingerprint density at radius 1 is 1.42 bits per heavy atom. The molecule has 3 nitrogen and oxygen atoms in total. The SMILES string of the molecule is CC(C)Oc1cccnc1NC1CCCC(C)(C)C1. The molecule has 1 aromatic heterocycles. The van der Waals surface area contributed by atoms with E-state index in [4.69, 9.17) is 4.74 Å². The van der Waals surface area contributed by atoms with Gasteiger partial charge in [-0.1, -0.05) is 20.3 Å². The minimum Gasteiger partial charge on any atom is -0.487 e. The molecule has 1 heterocycles. The molecule has 0 aliphatic heterocycles. The largest absolute Gasteiger partial charge is 0.487 e. The van der Waals surface area contributed by atoms with Crippen molar-refractivity contribution in [3.8, 4) is 5.75 Å². The molecule has 0 amide bonds. The predicted octanol–water partition coefficient (Wildman–Crippen LogP) is 4.25. The van der Waals surface area contributed by atoms with Crippen LogP contribution in [0.5, 0.6) is 5.75 Å². The Bertz CT molecular complexity index is 415. The number of hydrogen-bond acceptors (Lipinski definition) is 3. The second kappa shape index (κ2) is 5.81. The summed E-state index contributed by atoms with van der Waals surface area (Å²) in [5.74, 6) is 1.75. The molecule has 0 aromatic carbocycles. The number of pyridine rings is 1. The Morgan fingerprint density at radius 2 is 2.21 bits per heavy atom. The first-order chi connectivity index (χ1) is 8.96.